The van der Waals surface area contributed by atoms with Gasteiger partial charge in [-0.3, -0.25) is 4.99 Å². The fourth-order valence-corrected chi connectivity index (χ4v) is 2.82. The van der Waals surface area contributed by atoms with Gasteiger partial charge in [-0.05, 0) is 25.7 Å². The minimum atomic E-state index is 0.137. The molecule has 2 N–H and O–H groups in total. The average molecular weight is 224 g/mol. The molecule has 2 rings (SSSR count). The van der Waals surface area contributed by atoms with Crippen molar-refractivity contribution in [1.29, 1.82) is 0 Å². The standard InChI is InChI=1S/C13H24N2O/c16-11-13(7-3-1-4-8-13)10-15-12-6-2-5-9-14-12/h16H,1-11H2,(H,14,15). The number of aliphatic hydroxyl groups excluding tert-OH is 1. The molecule has 1 aliphatic heterocycles. The third-order valence-corrected chi connectivity index (χ3v) is 4.04. The van der Waals surface area contributed by atoms with Crippen molar-refractivity contribution in [2.45, 2.75) is 51.4 Å². The van der Waals surface area contributed by atoms with Crippen LogP contribution in [-0.4, -0.2) is 30.6 Å². The third kappa shape index (κ3) is 2.97. The molecule has 0 amide bonds. The highest BCUT2D eigenvalue weighted by Crippen LogP contribution is 2.35. The van der Waals surface area contributed by atoms with Gasteiger partial charge in [0.15, 0.2) is 0 Å². The van der Waals surface area contributed by atoms with Crippen molar-refractivity contribution >= 4 is 5.84 Å². The molecule has 1 heterocycles. The van der Waals surface area contributed by atoms with Gasteiger partial charge < -0.3 is 10.4 Å². The van der Waals surface area contributed by atoms with Crippen molar-refractivity contribution in [3.05, 3.63) is 0 Å². The number of aliphatic imine (C=N–C) groups is 1. The van der Waals surface area contributed by atoms with Gasteiger partial charge in [-0.2, -0.15) is 0 Å². The molecule has 3 heteroatoms. The molecular formula is C13H24N2O. The van der Waals surface area contributed by atoms with Gasteiger partial charge in [-0.25, -0.2) is 0 Å². The number of nitrogens with one attached hydrogen (secondary N) is 1. The first kappa shape index (κ1) is 11.9. The van der Waals surface area contributed by atoms with Gasteiger partial charge in [0.25, 0.3) is 0 Å². The summed E-state index contributed by atoms with van der Waals surface area (Å²) in [5.74, 6) is 1.17. The largest absolute Gasteiger partial charge is 0.396 e. The van der Waals surface area contributed by atoms with Crippen LogP contribution in [0.3, 0.4) is 0 Å². The average Bonchev–Trinajstić information content (AvgIpc) is 2.39. The molecule has 0 atom stereocenters. The summed E-state index contributed by atoms with van der Waals surface area (Å²) >= 11 is 0. The third-order valence-electron chi connectivity index (χ3n) is 4.04. The van der Waals surface area contributed by atoms with E-state index in [9.17, 15) is 5.11 Å². The maximum atomic E-state index is 9.59. The van der Waals surface area contributed by atoms with E-state index in [1.807, 2.05) is 0 Å². The molecular weight excluding hydrogens is 200 g/mol. The molecule has 0 aromatic heterocycles. The van der Waals surface area contributed by atoms with Crippen LogP contribution in [0.5, 0.6) is 0 Å². The van der Waals surface area contributed by atoms with Gasteiger partial charge >= 0.3 is 0 Å². The lowest BCUT2D eigenvalue weighted by Crippen LogP contribution is -2.41. The number of amidine groups is 1. The minimum Gasteiger partial charge on any atom is -0.396 e. The van der Waals surface area contributed by atoms with E-state index in [0.29, 0.717) is 6.61 Å². The van der Waals surface area contributed by atoms with Crippen molar-refractivity contribution in [3.63, 3.8) is 0 Å². The Morgan fingerprint density at radius 3 is 2.56 bits per heavy atom. The molecule has 0 aromatic rings. The van der Waals surface area contributed by atoms with Gasteiger partial charge in [0.05, 0.1) is 12.4 Å². The number of hydrogen-bond acceptors (Lipinski definition) is 3. The van der Waals surface area contributed by atoms with Crippen molar-refractivity contribution in [1.82, 2.24) is 5.32 Å². The molecule has 1 aliphatic carbocycles. The minimum absolute atomic E-state index is 0.137. The zero-order valence-electron chi connectivity index (χ0n) is 10.2. The molecule has 92 valence electrons. The van der Waals surface area contributed by atoms with Gasteiger partial charge in [-0.1, -0.05) is 19.3 Å². The number of rotatable bonds is 3. The summed E-state index contributed by atoms with van der Waals surface area (Å²) < 4.78 is 0. The van der Waals surface area contributed by atoms with Crippen LogP contribution < -0.4 is 5.32 Å². The Morgan fingerprint density at radius 1 is 1.12 bits per heavy atom. The van der Waals surface area contributed by atoms with Crippen molar-refractivity contribution in [3.8, 4) is 0 Å². The second-order valence-electron chi connectivity index (χ2n) is 5.36. The molecule has 0 bridgehead atoms. The fraction of sp³-hybridized carbons (Fsp3) is 0.923. The van der Waals surface area contributed by atoms with Crippen LogP contribution in [0.25, 0.3) is 0 Å². The zero-order valence-corrected chi connectivity index (χ0v) is 10.2. The quantitative estimate of drug-likeness (QED) is 0.771. The molecule has 0 aromatic carbocycles. The normalized spacial score (nSPS) is 24.9. The highest BCUT2D eigenvalue weighted by Gasteiger charge is 2.31. The molecule has 3 nitrogen and oxygen atoms in total. The summed E-state index contributed by atoms with van der Waals surface area (Å²) in [4.78, 5) is 4.50. The lowest BCUT2D eigenvalue weighted by Gasteiger charge is -2.36. The molecule has 0 spiro atoms. The van der Waals surface area contributed by atoms with Crippen LogP contribution in [0.15, 0.2) is 4.99 Å². The first-order valence-corrected chi connectivity index (χ1v) is 6.73. The highest BCUT2D eigenvalue weighted by molar-refractivity contribution is 5.82. The lowest BCUT2D eigenvalue weighted by atomic mass is 9.74. The molecule has 0 unspecified atom stereocenters. The van der Waals surface area contributed by atoms with Crippen molar-refractivity contribution in [2.75, 3.05) is 19.7 Å². The first-order valence-electron chi connectivity index (χ1n) is 6.73. The van der Waals surface area contributed by atoms with Gasteiger partial charge in [-0.15, -0.1) is 0 Å². The summed E-state index contributed by atoms with van der Waals surface area (Å²) in [7, 11) is 0. The van der Waals surface area contributed by atoms with E-state index in [1.54, 1.807) is 0 Å². The van der Waals surface area contributed by atoms with E-state index in [2.05, 4.69) is 10.3 Å². The molecule has 2 aliphatic rings. The summed E-state index contributed by atoms with van der Waals surface area (Å²) in [6, 6.07) is 0. The van der Waals surface area contributed by atoms with Crippen LogP contribution in [0.1, 0.15) is 51.4 Å². The summed E-state index contributed by atoms with van der Waals surface area (Å²) in [6.07, 6.45) is 9.81. The maximum Gasteiger partial charge on any atom is 0.0963 e. The Bertz CT molecular complexity index is 244. The van der Waals surface area contributed by atoms with Crippen molar-refractivity contribution in [2.24, 2.45) is 10.4 Å². The monoisotopic (exact) mass is 224 g/mol. The highest BCUT2D eigenvalue weighted by atomic mass is 16.3. The van der Waals surface area contributed by atoms with E-state index in [4.69, 9.17) is 0 Å². The topological polar surface area (TPSA) is 44.6 Å². The lowest BCUT2D eigenvalue weighted by molar-refractivity contribution is 0.0858. The Morgan fingerprint density at radius 2 is 1.94 bits per heavy atom. The predicted octanol–water partition coefficient (Wildman–Crippen LogP) is 2.10. The second-order valence-corrected chi connectivity index (χ2v) is 5.36. The number of hydrogen-bond donors (Lipinski definition) is 2. The molecule has 0 saturated heterocycles. The van der Waals surface area contributed by atoms with Crippen LogP contribution in [-0.2, 0) is 0 Å². The van der Waals surface area contributed by atoms with Crippen LogP contribution in [0.4, 0.5) is 0 Å². The van der Waals surface area contributed by atoms with E-state index < -0.39 is 0 Å². The molecule has 16 heavy (non-hydrogen) atoms. The number of nitrogens with zero attached hydrogens (tertiary/aromatic N) is 1. The van der Waals surface area contributed by atoms with Crippen LogP contribution in [0, 0.1) is 5.41 Å². The number of aliphatic hydroxyl groups is 1. The van der Waals surface area contributed by atoms with Gasteiger partial charge in [0, 0.05) is 24.9 Å². The summed E-state index contributed by atoms with van der Waals surface area (Å²) in [5, 5.41) is 13.1. The molecule has 0 radical (unpaired) electrons. The SMILES string of the molecule is OCC1(CNC2=NCCCC2)CCCCC1. The smallest absolute Gasteiger partial charge is 0.0963 e. The Hall–Kier alpha value is -0.570. The van der Waals surface area contributed by atoms with E-state index in [0.717, 1.165) is 19.5 Å². The summed E-state index contributed by atoms with van der Waals surface area (Å²) in [6.45, 7) is 2.23. The van der Waals surface area contributed by atoms with Gasteiger partial charge in [0.2, 0.25) is 0 Å². The zero-order chi connectivity index (χ0) is 11.3. The van der Waals surface area contributed by atoms with Crippen LogP contribution in [0.2, 0.25) is 0 Å². The van der Waals surface area contributed by atoms with E-state index >= 15 is 0 Å². The van der Waals surface area contributed by atoms with Crippen LogP contribution >= 0.6 is 0 Å². The fourth-order valence-electron chi connectivity index (χ4n) is 2.82. The van der Waals surface area contributed by atoms with Gasteiger partial charge in [0.1, 0.15) is 0 Å². The molecule has 1 saturated carbocycles. The Kier molecular flexibility index (Phi) is 4.22. The first-order chi connectivity index (χ1) is 7.85. The Labute approximate surface area is 98.3 Å². The Balaban J connectivity index is 1.83. The van der Waals surface area contributed by atoms with E-state index in [-0.39, 0.29) is 5.41 Å². The summed E-state index contributed by atoms with van der Waals surface area (Å²) in [5.41, 5.74) is 0.137. The van der Waals surface area contributed by atoms with E-state index in [1.165, 1.54) is 50.8 Å². The van der Waals surface area contributed by atoms with Crippen molar-refractivity contribution < 1.29 is 5.11 Å². The predicted molar refractivity (Wildman–Crippen MR) is 66.8 cm³/mol. The second kappa shape index (κ2) is 5.67. The molecule has 1 fully saturated rings. The maximum absolute atomic E-state index is 9.59.